The predicted octanol–water partition coefficient (Wildman–Crippen LogP) is 2.26. The Bertz CT molecular complexity index is 654. The van der Waals surface area contributed by atoms with Crippen LogP contribution in [0, 0.1) is 40.4 Å². The molecule has 0 aromatic rings. The second-order valence-electron chi connectivity index (χ2n) is 11.3. The van der Waals surface area contributed by atoms with Crippen LogP contribution in [0.5, 0.6) is 0 Å². The Labute approximate surface area is 181 Å². The molecule has 0 aromatic carbocycles. The maximum atomic E-state index is 13.3. The van der Waals surface area contributed by atoms with Gasteiger partial charge in [-0.3, -0.25) is 4.79 Å². The highest BCUT2D eigenvalue weighted by Crippen LogP contribution is 2.68. The Morgan fingerprint density at radius 1 is 1.03 bits per heavy atom. The van der Waals surface area contributed by atoms with Gasteiger partial charge in [-0.2, -0.15) is 5.12 Å². The average molecular weight is 420 g/mol. The summed E-state index contributed by atoms with van der Waals surface area (Å²) in [6, 6.07) is 0. The van der Waals surface area contributed by atoms with Gasteiger partial charge in [0.2, 0.25) is 0 Å². The first-order valence-electron chi connectivity index (χ1n) is 12.5. The third kappa shape index (κ3) is 3.29. The molecule has 0 aromatic heterocycles. The number of aliphatic hydroxyl groups is 2. The highest BCUT2D eigenvalue weighted by molar-refractivity contribution is 5.84. The molecule has 5 rings (SSSR count). The molecule has 4 aliphatic carbocycles. The van der Waals surface area contributed by atoms with Crippen molar-refractivity contribution in [2.45, 2.75) is 77.2 Å². The molecule has 4 saturated carbocycles. The summed E-state index contributed by atoms with van der Waals surface area (Å²) in [5.41, 5.74) is 6.87. The Morgan fingerprint density at radius 3 is 2.60 bits per heavy atom. The largest absolute Gasteiger partial charge is 0.396 e. The molecule has 30 heavy (non-hydrogen) atoms. The van der Waals surface area contributed by atoms with Crippen molar-refractivity contribution < 1.29 is 15.0 Å². The molecule has 170 valence electrons. The molecule has 6 nitrogen and oxygen atoms in total. The van der Waals surface area contributed by atoms with E-state index in [1.807, 2.05) is 5.12 Å². The highest BCUT2D eigenvalue weighted by Gasteiger charge is 2.62. The van der Waals surface area contributed by atoms with Crippen LogP contribution < -0.4 is 10.9 Å². The van der Waals surface area contributed by atoms with E-state index in [1.165, 1.54) is 25.7 Å². The van der Waals surface area contributed by atoms with Crippen molar-refractivity contribution in [3.8, 4) is 0 Å². The first kappa shape index (κ1) is 21.3. The summed E-state index contributed by atoms with van der Waals surface area (Å²) in [7, 11) is 0. The van der Waals surface area contributed by atoms with Crippen molar-refractivity contribution >= 4 is 5.78 Å². The quantitative estimate of drug-likeness (QED) is 0.547. The van der Waals surface area contributed by atoms with Gasteiger partial charge in [-0.1, -0.05) is 6.92 Å². The zero-order chi connectivity index (χ0) is 20.9. The number of hydrogen-bond acceptors (Lipinski definition) is 6. The molecule has 0 amide bonds. The van der Waals surface area contributed by atoms with Crippen LogP contribution in [0.2, 0.25) is 0 Å². The molecule has 1 heterocycles. The van der Waals surface area contributed by atoms with Crippen molar-refractivity contribution in [3.05, 3.63) is 0 Å². The first-order chi connectivity index (χ1) is 14.5. The third-order valence-corrected chi connectivity index (χ3v) is 10.3. The van der Waals surface area contributed by atoms with E-state index in [1.54, 1.807) is 0 Å². The van der Waals surface area contributed by atoms with Crippen molar-refractivity contribution in [3.63, 3.8) is 0 Å². The molecule has 8 atom stereocenters. The lowest BCUT2D eigenvalue weighted by Crippen LogP contribution is -2.56. The third-order valence-electron chi connectivity index (χ3n) is 10.3. The summed E-state index contributed by atoms with van der Waals surface area (Å²) >= 11 is 0. The van der Waals surface area contributed by atoms with Gasteiger partial charge >= 0.3 is 0 Å². The van der Waals surface area contributed by atoms with Crippen LogP contribution in [-0.2, 0) is 4.79 Å². The fourth-order valence-corrected chi connectivity index (χ4v) is 9.08. The summed E-state index contributed by atoms with van der Waals surface area (Å²) in [5.74, 6) is 3.18. The number of hydrogen-bond donors (Lipinski definition) is 4. The number of carbonyl (C=O) groups is 1. The number of aliphatic hydroxyl groups excluding tert-OH is 2. The minimum Gasteiger partial charge on any atom is -0.396 e. The van der Waals surface area contributed by atoms with Crippen LogP contribution in [-0.4, -0.2) is 53.5 Å². The van der Waals surface area contributed by atoms with E-state index in [2.05, 4.69) is 17.8 Å². The van der Waals surface area contributed by atoms with Crippen molar-refractivity contribution in [1.82, 2.24) is 16.0 Å². The van der Waals surface area contributed by atoms with Gasteiger partial charge in [-0.15, -0.1) is 0 Å². The molecule has 0 unspecified atom stereocenters. The Morgan fingerprint density at radius 2 is 1.83 bits per heavy atom. The topological polar surface area (TPSA) is 84.8 Å². The highest BCUT2D eigenvalue weighted by atomic mass is 16.3. The predicted molar refractivity (Wildman–Crippen MR) is 115 cm³/mol. The van der Waals surface area contributed by atoms with Gasteiger partial charge in [-0.25, -0.2) is 10.9 Å². The smallest absolute Gasteiger partial charge is 0.153 e. The van der Waals surface area contributed by atoms with E-state index in [4.69, 9.17) is 0 Å². The molecular formula is C24H41N3O3. The van der Waals surface area contributed by atoms with Gasteiger partial charge in [0.05, 0.1) is 12.6 Å². The van der Waals surface area contributed by atoms with E-state index in [0.29, 0.717) is 36.0 Å². The van der Waals surface area contributed by atoms with E-state index < -0.39 is 0 Å². The fourth-order valence-electron chi connectivity index (χ4n) is 9.08. The van der Waals surface area contributed by atoms with Gasteiger partial charge in [0, 0.05) is 25.6 Å². The monoisotopic (exact) mass is 419 g/mol. The maximum absolute atomic E-state index is 13.3. The number of ketones is 1. The lowest BCUT2D eigenvalue weighted by Gasteiger charge is -2.62. The first-order valence-corrected chi connectivity index (χ1v) is 12.5. The summed E-state index contributed by atoms with van der Waals surface area (Å²) in [5, 5.41) is 22.2. The number of hydrazine groups is 2. The summed E-state index contributed by atoms with van der Waals surface area (Å²) in [6.07, 6.45) is 10.7. The molecule has 1 aliphatic heterocycles. The van der Waals surface area contributed by atoms with Crippen molar-refractivity contribution in [2.24, 2.45) is 40.4 Å². The molecule has 0 radical (unpaired) electrons. The number of Topliss-reactive ketones (excluding diaryl/α,β-unsaturated/α-hetero) is 1. The van der Waals surface area contributed by atoms with Crippen molar-refractivity contribution in [1.29, 1.82) is 0 Å². The Balaban J connectivity index is 1.35. The number of fused-ring (bicyclic) bond motifs is 5. The van der Waals surface area contributed by atoms with Crippen LogP contribution >= 0.6 is 0 Å². The molecule has 0 bridgehead atoms. The maximum Gasteiger partial charge on any atom is 0.153 e. The lowest BCUT2D eigenvalue weighted by atomic mass is 9.43. The van der Waals surface area contributed by atoms with Crippen LogP contribution in [0.25, 0.3) is 0 Å². The minimum atomic E-state index is -0.145. The fraction of sp³-hybridized carbons (Fsp3) is 0.958. The van der Waals surface area contributed by atoms with E-state index in [-0.39, 0.29) is 29.5 Å². The van der Waals surface area contributed by atoms with Gasteiger partial charge in [0.1, 0.15) is 0 Å². The van der Waals surface area contributed by atoms with Crippen LogP contribution in [0.15, 0.2) is 0 Å². The minimum absolute atomic E-state index is 0.138. The zero-order valence-corrected chi connectivity index (χ0v) is 18.6. The molecule has 0 spiro atoms. The summed E-state index contributed by atoms with van der Waals surface area (Å²) in [6.45, 7) is 4.95. The van der Waals surface area contributed by atoms with E-state index in [0.717, 1.165) is 51.6 Å². The lowest BCUT2D eigenvalue weighted by molar-refractivity contribution is -0.149. The molecule has 1 saturated heterocycles. The molecule has 6 heteroatoms. The average Bonchev–Trinajstić information content (AvgIpc) is 3.35. The number of nitrogens with one attached hydrogen (secondary N) is 2. The van der Waals surface area contributed by atoms with Crippen LogP contribution in [0.3, 0.4) is 0 Å². The SMILES string of the molecule is C[C@]12CC[C@H]3[C@@H](CC[C@H]4C[C@H](O)CC[C@@]43CCO)[C@@H]1CC[C@@H]2C(=O)CN1NCCN1. The summed E-state index contributed by atoms with van der Waals surface area (Å²) in [4.78, 5) is 13.3. The summed E-state index contributed by atoms with van der Waals surface area (Å²) < 4.78 is 0. The Kier molecular flexibility index (Phi) is 5.76. The van der Waals surface area contributed by atoms with Gasteiger partial charge in [-0.05, 0) is 98.7 Å². The Hall–Kier alpha value is -0.530. The second kappa shape index (κ2) is 8.11. The standard InChI is InChI=1S/C24H41N3O3/c1-23-8-7-20-18(3-2-16-14-17(29)6-9-24(16,20)10-13-28)19(23)4-5-21(23)22(30)15-27-25-11-12-26-27/h16-21,25-26,28-29H,2-15H2,1H3/t16-,17+,18-,19-,20-,21+,23-,24+/m0/s1. The van der Waals surface area contributed by atoms with Crippen LogP contribution in [0.1, 0.15) is 71.1 Å². The molecule has 5 aliphatic rings. The van der Waals surface area contributed by atoms with Gasteiger partial charge < -0.3 is 10.2 Å². The number of rotatable bonds is 5. The number of nitrogens with zero attached hydrogens (tertiary/aromatic N) is 1. The second-order valence-corrected chi connectivity index (χ2v) is 11.3. The van der Waals surface area contributed by atoms with Crippen LogP contribution in [0.4, 0.5) is 0 Å². The van der Waals surface area contributed by atoms with Gasteiger partial charge in [0.15, 0.2) is 5.78 Å². The van der Waals surface area contributed by atoms with Gasteiger partial charge in [0.25, 0.3) is 0 Å². The number of carbonyl (C=O) groups excluding carboxylic acids is 1. The normalized spacial score (nSPS) is 48.8. The van der Waals surface area contributed by atoms with E-state index >= 15 is 0 Å². The molecular weight excluding hydrogens is 378 g/mol. The zero-order valence-electron chi connectivity index (χ0n) is 18.6. The molecule has 5 fully saturated rings. The van der Waals surface area contributed by atoms with Crippen molar-refractivity contribution in [2.75, 3.05) is 26.2 Å². The van der Waals surface area contributed by atoms with E-state index in [9.17, 15) is 15.0 Å². The molecule has 4 N–H and O–H groups in total.